The van der Waals surface area contributed by atoms with Crippen LogP contribution in [0.3, 0.4) is 0 Å². The van der Waals surface area contributed by atoms with Crippen LogP contribution in [-0.4, -0.2) is 25.1 Å². The molecule has 1 N–H and O–H groups in total. The van der Waals surface area contributed by atoms with Crippen molar-refractivity contribution in [1.82, 2.24) is 9.38 Å². The lowest BCUT2D eigenvalue weighted by Crippen LogP contribution is -2.13. The van der Waals surface area contributed by atoms with Crippen molar-refractivity contribution in [3.63, 3.8) is 0 Å². The summed E-state index contributed by atoms with van der Waals surface area (Å²) >= 11 is 0. The van der Waals surface area contributed by atoms with Crippen LogP contribution >= 0.6 is 0 Å². The average molecular weight is 417 g/mol. The number of amides is 1. The van der Waals surface area contributed by atoms with Gasteiger partial charge < -0.3 is 9.72 Å². The summed E-state index contributed by atoms with van der Waals surface area (Å²) in [5.74, 6) is -0.709. The molecular formula is C21H15N5O5. The fourth-order valence-electron chi connectivity index (χ4n) is 3.23. The van der Waals surface area contributed by atoms with E-state index in [0.717, 1.165) is 29.4 Å². The van der Waals surface area contributed by atoms with Crippen LogP contribution in [0.2, 0.25) is 0 Å². The highest BCUT2D eigenvalue weighted by Crippen LogP contribution is 2.29. The summed E-state index contributed by atoms with van der Waals surface area (Å²) in [5, 5.41) is 24.9. The molecule has 0 aliphatic heterocycles. The lowest BCUT2D eigenvalue weighted by Gasteiger charge is -2.09. The number of aryl methyl sites for hydroxylation is 1. The largest absolute Gasteiger partial charge is 0.321 e. The Morgan fingerprint density at radius 3 is 2.32 bits per heavy atom. The first kappa shape index (κ1) is 19.7. The Hall–Kier alpha value is -4.60. The Bertz CT molecular complexity index is 1330. The van der Waals surface area contributed by atoms with Crippen LogP contribution in [-0.2, 0) is 0 Å². The van der Waals surface area contributed by atoms with Gasteiger partial charge in [-0.05, 0) is 24.6 Å². The second kappa shape index (κ2) is 7.67. The molecule has 2 heterocycles. The maximum Gasteiger partial charge on any atom is 0.277 e. The Morgan fingerprint density at radius 2 is 1.68 bits per heavy atom. The number of hydrogen-bond donors (Lipinski definition) is 1. The number of hydrogen-bond acceptors (Lipinski definition) is 6. The van der Waals surface area contributed by atoms with Crippen molar-refractivity contribution in [1.29, 1.82) is 0 Å². The van der Waals surface area contributed by atoms with Crippen molar-refractivity contribution in [3.05, 3.63) is 98.3 Å². The number of nitro groups is 2. The number of pyridine rings is 1. The van der Waals surface area contributed by atoms with Crippen molar-refractivity contribution < 1.29 is 14.6 Å². The minimum absolute atomic E-state index is 0.193. The molecule has 0 atom stereocenters. The van der Waals surface area contributed by atoms with Crippen LogP contribution in [0.1, 0.15) is 15.9 Å². The molecule has 0 fully saturated rings. The highest BCUT2D eigenvalue weighted by molar-refractivity contribution is 6.07. The van der Waals surface area contributed by atoms with Crippen LogP contribution in [0.25, 0.3) is 16.9 Å². The van der Waals surface area contributed by atoms with Gasteiger partial charge in [-0.1, -0.05) is 24.3 Å². The van der Waals surface area contributed by atoms with Crippen molar-refractivity contribution in [2.75, 3.05) is 5.32 Å². The molecule has 31 heavy (non-hydrogen) atoms. The molecule has 4 aromatic rings. The molecule has 0 aliphatic rings. The molecule has 2 aromatic carbocycles. The lowest BCUT2D eigenvalue weighted by molar-refractivity contribution is -0.394. The van der Waals surface area contributed by atoms with E-state index >= 15 is 0 Å². The van der Waals surface area contributed by atoms with Gasteiger partial charge in [-0.3, -0.25) is 25.0 Å². The van der Waals surface area contributed by atoms with Gasteiger partial charge in [0.15, 0.2) is 0 Å². The first-order valence-electron chi connectivity index (χ1n) is 9.12. The number of carbonyl (C=O) groups is 1. The van der Waals surface area contributed by atoms with Crippen LogP contribution in [0.5, 0.6) is 0 Å². The second-order valence-corrected chi connectivity index (χ2v) is 6.80. The quantitative estimate of drug-likeness (QED) is 0.378. The first-order valence-corrected chi connectivity index (χ1v) is 9.12. The molecule has 0 spiro atoms. The highest BCUT2D eigenvalue weighted by atomic mass is 16.6. The predicted octanol–water partition coefficient (Wildman–Crippen LogP) is 4.38. The summed E-state index contributed by atoms with van der Waals surface area (Å²) in [5.41, 5.74) is 2.16. The van der Waals surface area contributed by atoms with Gasteiger partial charge in [0.1, 0.15) is 5.65 Å². The van der Waals surface area contributed by atoms with E-state index in [1.54, 1.807) is 24.3 Å². The van der Waals surface area contributed by atoms with E-state index in [2.05, 4.69) is 10.3 Å². The Kier molecular flexibility index (Phi) is 4.88. The third-order valence-corrected chi connectivity index (χ3v) is 4.72. The van der Waals surface area contributed by atoms with Gasteiger partial charge in [-0.15, -0.1) is 0 Å². The van der Waals surface area contributed by atoms with Gasteiger partial charge in [-0.2, -0.15) is 0 Å². The summed E-state index contributed by atoms with van der Waals surface area (Å²) in [6.07, 6.45) is 3.69. The zero-order valence-electron chi connectivity index (χ0n) is 16.2. The predicted molar refractivity (Wildman–Crippen MR) is 113 cm³/mol. The van der Waals surface area contributed by atoms with Gasteiger partial charge in [0, 0.05) is 30.1 Å². The van der Waals surface area contributed by atoms with Crippen LogP contribution in [0, 0.1) is 27.2 Å². The minimum atomic E-state index is -0.781. The molecule has 0 aliphatic carbocycles. The third-order valence-electron chi connectivity index (χ3n) is 4.72. The summed E-state index contributed by atoms with van der Waals surface area (Å²) in [7, 11) is 0. The summed E-state index contributed by atoms with van der Waals surface area (Å²) in [4.78, 5) is 38.1. The van der Waals surface area contributed by atoms with Gasteiger partial charge >= 0.3 is 0 Å². The monoisotopic (exact) mass is 417 g/mol. The number of benzene rings is 2. The highest BCUT2D eigenvalue weighted by Gasteiger charge is 2.21. The van der Waals surface area contributed by atoms with E-state index < -0.39 is 27.1 Å². The van der Waals surface area contributed by atoms with Crippen LogP contribution < -0.4 is 5.32 Å². The number of non-ortho nitro benzene ring substituents is 2. The van der Waals surface area contributed by atoms with Gasteiger partial charge in [0.25, 0.3) is 17.3 Å². The number of nitro benzene ring substituents is 2. The van der Waals surface area contributed by atoms with Gasteiger partial charge in [-0.25, -0.2) is 4.98 Å². The van der Waals surface area contributed by atoms with Crippen molar-refractivity contribution in [3.8, 4) is 11.3 Å². The van der Waals surface area contributed by atoms with Crippen molar-refractivity contribution in [2.24, 2.45) is 0 Å². The van der Waals surface area contributed by atoms with E-state index in [-0.39, 0.29) is 5.56 Å². The lowest BCUT2D eigenvalue weighted by atomic mass is 10.1. The molecule has 0 saturated carbocycles. The molecule has 0 bridgehead atoms. The van der Waals surface area contributed by atoms with E-state index in [0.29, 0.717) is 16.9 Å². The fraction of sp³-hybridized carbons (Fsp3) is 0.0476. The number of rotatable bonds is 5. The second-order valence-electron chi connectivity index (χ2n) is 6.80. The van der Waals surface area contributed by atoms with Crippen LogP contribution in [0.4, 0.5) is 17.1 Å². The fourth-order valence-corrected chi connectivity index (χ4v) is 3.23. The maximum absolute atomic E-state index is 12.8. The van der Waals surface area contributed by atoms with Gasteiger partial charge in [0.2, 0.25) is 0 Å². The average Bonchev–Trinajstić information content (AvgIpc) is 3.19. The normalized spacial score (nSPS) is 10.7. The van der Waals surface area contributed by atoms with E-state index in [9.17, 15) is 25.0 Å². The Morgan fingerprint density at radius 1 is 1.00 bits per heavy atom. The summed E-state index contributed by atoms with van der Waals surface area (Å²) in [6, 6.07) is 13.6. The zero-order chi connectivity index (χ0) is 22.1. The first-order chi connectivity index (χ1) is 14.8. The summed E-state index contributed by atoms with van der Waals surface area (Å²) in [6.45, 7) is 1.94. The molecule has 0 unspecified atom stereocenters. The molecule has 10 heteroatoms. The molecule has 4 rings (SSSR count). The zero-order valence-corrected chi connectivity index (χ0v) is 16.2. The topological polar surface area (TPSA) is 133 Å². The van der Waals surface area contributed by atoms with Crippen LogP contribution in [0.15, 0.2) is 67.0 Å². The molecule has 1 amide bonds. The number of fused-ring (bicyclic) bond motifs is 1. The number of imidazole rings is 1. The standard InChI is InChI=1S/C21H15N5O5/c1-13-5-4-8-24-12-19(22-20(13)24)17-6-2-3-7-18(17)23-21(27)14-9-15(25(28)29)11-16(10-14)26(30)31/h2-12H,1H3,(H,23,27). The maximum atomic E-state index is 12.8. The Labute approximate surface area is 175 Å². The number of nitrogens with zero attached hydrogens (tertiary/aromatic N) is 4. The number of aromatic nitrogens is 2. The molecule has 0 radical (unpaired) electrons. The number of para-hydroxylation sites is 1. The molecule has 10 nitrogen and oxygen atoms in total. The van der Waals surface area contributed by atoms with E-state index in [1.807, 2.05) is 35.9 Å². The number of anilines is 1. The van der Waals surface area contributed by atoms with Crippen molar-refractivity contribution in [2.45, 2.75) is 6.92 Å². The summed E-state index contributed by atoms with van der Waals surface area (Å²) < 4.78 is 1.87. The number of carbonyl (C=O) groups excluding carboxylic acids is 1. The SMILES string of the molecule is Cc1cccn2cc(-c3ccccc3NC(=O)c3cc([N+](=O)[O-])cc([N+](=O)[O-])c3)nc12. The molecule has 0 saturated heterocycles. The van der Waals surface area contributed by atoms with Gasteiger partial charge in [0.05, 0.1) is 32.9 Å². The van der Waals surface area contributed by atoms with E-state index in [1.165, 1.54) is 0 Å². The smallest absolute Gasteiger partial charge is 0.277 e. The van der Waals surface area contributed by atoms with E-state index in [4.69, 9.17) is 0 Å². The third kappa shape index (κ3) is 3.81. The number of nitrogens with one attached hydrogen (secondary N) is 1. The minimum Gasteiger partial charge on any atom is -0.321 e. The molecule has 2 aromatic heterocycles. The van der Waals surface area contributed by atoms with Crippen molar-refractivity contribution >= 4 is 28.6 Å². The molecular weight excluding hydrogens is 402 g/mol. The Balaban J connectivity index is 1.72. The molecule has 154 valence electrons.